The molecule has 2 aliphatic rings. The van der Waals surface area contributed by atoms with Gasteiger partial charge in [-0.3, -0.25) is 19.6 Å². The summed E-state index contributed by atoms with van der Waals surface area (Å²) in [7, 11) is 0. The van der Waals surface area contributed by atoms with Gasteiger partial charge >= 0.3 is 0 Å². The van der Waals surface area contributed by atoms with Crippen LogP contribution in [0.15, 0.2) is 170 Å². The van der Waals surface area contributed by atoms with E-state index in [1.54, 1.807) is 0 Å². The second-order valence-electron chi connectivity index (χ2n) is 20.7. The maximum Gasteiger partial charge on any atom is 0.143 e. The van der Waals surface area contributed by atoms with Gasteiger partial charge in [0, 0.05) is 24.0 Å². The number of aryl methyl sites for hydroxylation is 2. The van der Waals surface area contributed by atoms with E-state index >= 15 is 0 Å². The number of nitrogens with zero attached hydrogens (tertiary/aromatic N) is 4. The van der Waals surface area contributed by atoms with Gasteiger partial charge in [0.05, 0.1) is 59.4 Å². The third kappa shape index (κ3) is 16.0. The Morgan fingerprint density at radius 1 is 0.413 bits per heavy atom. The summed E-state index contributed by atoms with van der Waals surface area (Å²) >= 11 is 0. The molecule has 8 heteroatoms. The quantitative estimate of drug-likeness (QED) is 0.0744. The van der Waals surface area contributed by atoms with E-state index in [0.29, 0.717) is 50.7 Å². The Morgan fingerprint density at radius 3 is 1.17 bits per heavy atom. The Labute approximate surface area is 444 Å². The molecule has 0 saturated heterocycles. The maximum absolute atomic E-state index is 13.1. The number of ketones is 2. The molecule has 8 nitrogen and oxygen atoms in total. The van der Waals surface area contributed by atoms with E-state index in [2.05, 4.69) is 62.4 Å². The molecule has 6 aromatic carbocycles. The van der Waals surface area contributed by atoms with Crippen molar-refractivity contribution in [1.82, 2.24) is 19.9 Å². The highest BCUT2D eigenvalue weighted by Crippen LogP contribution is 2.31. The van der Waals surface area contributed by atoms with E-state index in [-0.39, 0.29) is 11.6 Å². The largest absolute Gasteiger partial charge is 0.489 e. The molecule has 0 spiro atoms. The van der Waals surface area contributed by atoms with E-state index in [1.165, 1.54) is 68.9 Å². The van der Waals surface area contributed by atoms with Crippen molar-refractivity contribution in [3.8, 4) is 34.0 Å². The normalized spacial score (nSPS) is 13.7. The number of benzene rings is 6. The summed E-state index contributed by atoms with van der Waals surface area (Å²) in [5, 5.41) is 0. The maximum atomic E-state index is 13.1. The molecule has 0 bridgehead atoms. The van der Waals surface area contributed by atoms with Crippen LogP contribution in [0.1, 0.15) is 114 Å². The van der Waals surface area contributed by atoms with Crippen molar-refractivity contribution in [2.45, 2.75) is 123 Å². The summed E-state index contributed by atoms with van der Waals surface area (Å²) < 4.78 is 11.8. The van der Waals surface area contributed by atoms with Crippen LogP contribution in [0.4, 0.5) is 0 Å². The minimum Gasteiger partial charge on any atom is -0.489 e. The number of rotatable bonds is 20. The number of ether oxygens (including phenoxy) is 2. The number of carbonyl (C=O) groups is 2. The molecule has 0 N–H and O–H groups in total. The first-order valence-corrected chi connectivity index (χ1v) is 27.1. The predicted octanol–water partition coefficient (Wildman–Crippen LogP) is 14.6. The van der Waals surface area contributed by atoms with Gasteiger partial charge < -0.3 is 9.47 Å². The second kappa shape index (κ2) is 26.6. The van der Waals surface area contributed by atoms with Gasteiger partial charge in [-0.1, -0.05) is 202 Å². The van der Waals surface area contributed by atoms with Crippen LogP contribution in [-0.2, 0) is 61.3 Å². The Balaban J connectivity index is 0.000000184. The van der Waals surface area contributed by atoms with Crippen LogP contribution >= 0.6 is 0 Å². The van der Waals surface area contributed by atoms with Crippen LogP contribution in [-0.4, -0.2) is 31.5 Å². The van der Waals surface area contributed by atoms with Crippen molar-refractivity contribution in [1.29, 1.82) is 0 Å². The lowest BCUT2D eigenvalue weighted by molar-refractivity contribution is -0.118. The third-order valence-corrected chi connectivity index (χ3v) is 14.6. The summed E-state index contributed by atoms with van der Waals surface area (Å²) in [5.74, 6) is 3.19. The molecule has 0 radical (unpaired) electrons. The van der Waals surface area contributed by atoms with Crippen LogP contribution in [0, 0.1) is 25.7 Å². The molecule has 2 heterocycles. The van der Waals surface area contributed by atoms with Gasteiger partial charge in [-0.2, -0.15) is 0 Å². The molecule has 0 amide bonds. The highest BCUT2D eigenvalue weighted by molar-refractivity contribution is 5.83. The van der Waals surface area contributed by atoms with E-state index in [0.717, 1.165) is 91.9 Å². The van der Waals surface area contributed by atoms with E-state index in [1.807, 2.05) is 122 Å². The number of carbonyl (C=O) groups excluding carboxylic acids is 2. The van der Waals surface area contributed by atoms with Gasteiger partial charge in [-0.05, 0) is 85.0 Å². The average molecular weight is 995 g/mol. The minimum absolute atomic E-state index is 0.156. The van der Waals surface area contributed by atoms with Crippen molar-refractivity contribution >= 4 is 11.6 Å². The molecule has 2 aromatic heterocycles. The molecule has 10 rings (SSSR count). The fraction of sp³-hybridized carbons (Fsp3) is 0.313. The molecule has 2 aliphatic carbocycles. The van der Waals surface area contributed by atoms with Gasteiger partial charge in [-0.15, -0.1) is 0 Å². The zero-order valence-corrected chi connectivity index (χ0v) is 43.8. The summed E-state index contributed by atoms with van der Waals surface area (Å²) in [6.07, 6.45) is 18.3. The summed E-state index contributed by atoms with van der Waals surface area (Å²) in [6, 6.07) is 52.7. The van der Waals surface area contributed by atoms with Crippen molar-refractivity contribution in [3.05, 3.63) is 226 Å². The number of hydrogen-bond acceptors (Lipinski definition) is 8. The van der Waals surface area contributed by atoms with Crippen molar-refractivity contribution in [2.75, 3.05) is 0 Å². The average Bonchev–Trinajstić information content (AvgIpc) is 3.96. The van der Waals surface area contributed by atoms with E-state index < -0.39 is 0 Å². The van der Waals surface area contributed by atoms with Crippen LogP contribution in [0.3, 0.4) is 0 Å². The third-order valence-electron chi connectivity index (χ3n) is 14.6. The zero-order valence-electron chi connectivity index (χ0n) is 43.8. The van der Waals surface area contributed by atoms with Gasteiger partial charge in [0.15, 0.2) is 0 Å². The van der Waals surface area contributed by atoms with E-state index in [4.69, 9.17) is 29.4 Å². The number of aromatic nitrogens is 4. The number of Topliss-reactive ketones (excluding diaryl/α,β-unsaturated/α-hetero) is 2. The monoisotopic (exact) mass is 995 g/mol. The van der Waals surface area contributed by atoms with Crippen LogP contribution < -0.4 is 9.47 Å². The lowest BCUT2D eigenvalue weighted by Gasteiger charge is -2.22. The summed E-state index contributed by atoms with van der Waals surface area (Å²) in [4.78, 5) is 45.8. The lowest BCUT2D eigenvalue weighted by atomic mass is 9.85. The molecule has 75 heavy (non-hydrogen) atoms. The molecule has 0 atom stereocenters. The molecule has 0 unspecified atom stereocenters. The van der Waals surface area contributed by atoms with Crippen LogP contribution in [0.2, 0.25) is 0 Å². The van der Waals surface area contributed by atoms with E-state index in [9.17, 15) is 9.59 Å². The predicted molar refractivity (Wildman–Crippen MR) is 300 cm³/mol. The van der Waals surface area contributed by atoms with Crippen LogP contribution in [0.25, 0.3) is 22.5 Å². The Kier molecular flexibility index (Phi) is 18.5. The smallest absolute Gasteiger partial charge is 0.143 e. The standard InChI is InChI=1S/C34H36N2O2.C33H34N2O2/c1-25-12-16-29(17-13-25)34-23-35-32(33(36-34)21-26-8-4-2-5-9-26)22-30(37)20-27-14-18-31(19-15-27)38-24-28-10-6-3-7-11-28;1-24-11-15-28(16-12-24)33-22-34-31(32(35-33)20-25-7-5-6-8-25)21-29(36)19-26-13-17-30(18-14-26)37-23-27-9-3-2-4-10-27/h3,6-7,10-19,23,26H,2,4-5,8-9,20-22,24H2,1H3;2-4,9-18,22,25H,5-8,19-21,23H2,1H3. The molecule has 0 aliphatic heterocycles. The van der Waals surface area contributed by atoms with Gasteiger partial charge in [-0.25, -0.2) is 9.97 Å². The zero-order chi connectivity index (χ0) is 51.6. The second-order valence-corrected chi connectivity index (χ2v) is 20.7. The highest BCUT2D eigenvalue weighted by atomic mass is 16.5. The van der Waals surface area contributed by atoms with Crippen molar-refractivity contribution < 1.29 is 19.1 Å². The topological polar surface area (TPSA) is 104 Å². The highest BCUT2D eigenvalue weighted by Gasteiger charge is 2.22. The first kappa shape index (κ1) is 52.3. The number of hydrogen-bond donors (Lipinski definition) is 0. The lowest BCUT2D eigenvalue weighted by Crippen LogP contribution is -2.16. The van der Waals surface area contributed by atoms with Crippen molar-refractivity contribution in [2.24, 2.45) is 11.8 Å². The first-order valence-electron chi connectivity index (χ1n) is 27.1. The molecule has 2 saturated carbocycles. The molecular formula is C67H70N4O4. The van der Waals surface area contributed by atoms with Crippen molar-refractivity contribution in [3.63, 3.8) is 0 Å². The van der Waals surface area contributed by atoms with Gasteiger partial charge in [0.1, 0.15) is 36.3 Å². The molecular weight excluding hydrogens is 925 g/mol. The SMILES string of the molecule is Cc1ccc(-c2cnc(CC(=O)Cc3ccc(OCc4ccccc4)cc3)c(CC3CCCC3)n2)cc1.Cc1ccc(-c2cnc(CC(=O)Cc3ccc(OCc4ccccc4)cc3)c(CC3CCCCC3)n2)cc1. The molecule has 382 valence electrons. The van der Waals surface area contributed by atoms with Gasteiger partial charge in [0.25, 0.3) is 0 Å². The Morgan fingerprint density at radius 2 is 0.787 bits per heavy atom. The Bertz CT molecular complexity index is 3060. The Hall–Kier alpha value is -7.58. The fourth-order valence-corrected chi connectivity index (χ4v) is 10.2. The summed E-state index contributed by atoms with van der Waals surface area (Å²) in [5.41, 5.74) is 14.2. The molecule has 2 fully saturated rings. The first-order chi connectivity index (χ1) is 36.7. The van der Waals surface area contributed by atoms with Gasteiger partial charge in [0.2, 0.25) is 0 Å². The minimum atomic E-state index is 0.156. The molecule has 8 aromatic rings. The fourth-order valence-electron chi connectivity index (χ4n) is 10.2. The summed E-state index contributed by atoms with van der Waals surface area (Å²) in [6.45, 7) is 5.23. The van der Waals surface area contributed by atoms with Crippen LogP contribution in [0.5, 0.6) is 11.5 Å².